The highest BCUT2D eigenvalue weighted by atomic mass is 35.5. The van der Waals surface area contributed by atoms with E-state index in [9.17, 15) is 4.79 Å². The number of hydrogen-bond donors (Lipinski definition) is 1. The molecule has 1 aromatic carbocycles. The van der Waals surface area contributed by atoms with Crippen molar-refractivity contribution in [3.8, 4) is 0 Å². The molecular weight excluding hydrogens is 264 g/mol. The molecule has 3 rings (SSSR count). The first-order valence-corrected chi connectivity index (χ1v) is 6.19. The molecule has 5 nitrogen and oxygen atoms in total. The lowest BCUT2D eigenvalue weighted by atomic mass is 10.2. The fraction of sp³-hybridized carbons (Fsp3) is 0.154. The van der Waals surface area contributed by atoms with Gasteiger partial charge in [0, 0.05) is 5.69 Å². The van der Waals surface area contributed by atoms with E-state index in [0.29, 0.717) is 17.2 Å². The van der Waals surface area contributed by atoms with E-state index in [1.165, 1.54) is 0 Å². The average Bonchev–Trinajstić information content (AvgIpc) is 2.40. The van der Waals surface area contributed by atoms with E-state index >= 15 is 0 Å². The molecule has 19 heavy (non-hydrogen) atoms. The van der Waals surface area contributed by atoms with Crippen molar-refractivity contribution in [2.45, 2.75) is 6.92 Å². The van der Waals surface area contributed by atoms with Crippen LogP contribution in [0.15, 0.2) is 30.3 Å². The first kappa shape index (κ1) is 11.9. The summed E-state index contributed by atoms with van der Waals surface area (Å²) >= 11 is 5.91. The van der Waals surface area contributed by atoms with Crippen molar-refractivity contribution in [2.75, 3.05) is 16.8 Å². The summed E-state index contributed by atoms with van der Waals surface area (Å²) in [5, 5.41) is 2.97. The van der Waals surface area contributed by atoms with Gasteiger partial charge in [-0.1, -0.05) is 18.2 Å². The zero-order chi connectivity index (χ0) is 13.4. The van der Waals surface area contributed by atoms with Crippen molar-refractivity contribution in [1.29, 1.82) is 0 Å². The fourth-order valence-corrected chi connectivity index (χ4v) is 2.29. The molecule has 0 saturated carbocycles. The number of nitrogens with zero attached hydrogens (tertiary/aromatic N) is 3. The van der Waals surface area contributed by atoms with Crippen LogP contribution in [0.3, 0.4) is 0 Å². The summed E-state index contributed by atoms with van der Waals surface area (Å²) in [6.45, 7) is 2.00. The zero-order valence-electron chi connectivity index (χ0n) is 10.2. The lowest BCUT2D eigenvalue weighted by molar-refractivity contribution is -0.115. The number of carbonyl (C=O) groups excluding carboxylic acids is 1. The number of halogens is 1. The normalized spacial score (nSPS) is 14.0. The molecule has 0 unspecified atom stereocenters. The highest BCUT2D eigenvalue weighted by molar-refractivity contribution is 6.28. The molecule has 1 N–H and O–H groups in total. The predicted molar refractivity (Wildman–Crippen MR) is 73.9 cm³/mol. The number of anilines is 3. The van der Waals surface area contributed by atoms with Crippen LogP contribution in [0.25, 0.3) is 0 Å². The van der Waals surface area contributed by atoms with Crippen LogP contribution in [0.1, 0.15) is 5.69 Å². The largest absolute Gasteiger partial charge is 0.320 e. The Labute approximate surface area is 115 Å². The molecule has 0 atom stereocenters. The molecule has 2 heterocycles. The Hall–Kier alpha value is -2.14. The van der Waals surface area contributed by atoms with Gasteiger partial charge in [0.05, 0.1) is 5.69 Å². The summed E-state index contributed by atoms with van der Waals surface area (Å²) in [5.74, 6) is 0.536. The maximum Gasteiger partial charge on any atom is 0.244 e. The van der Waals surface area contributed by atoms with Crippen molar-refractivity contribution in [1.82, 2.24) is 9.97 Å². The summed E-state index contributed by atoms with van der Waals surface area (Å²) in [4.78, 5) is 21.9. The number of aryl methyl sites for hydroxylation is 1. The Morgan fingerprint density at radius 2 is 2.00 bits per heavy atom. The molecule has 0 aliphatic carbocycles. The second kappa shape index (κ2) is 4.51. The van der Waals surface area contributed by atoms with E-state index in [0.717, 1.165) is 5.69 Å². The quantitative estimate of drug-likeness (QED) is 0.812. The summed E-state index contributed by atoms with van der Waals surface area (Å²) < 4.78 is 0. The number of carbonyl (C=O) groups is 1. The molecule has 1 aliphatic heterocycles. The van der Waals surface area contributed by atoms with E-state index in [-0.39, 0.29) is 17.7 Å². The second-order valence-corrected chi connectivity index (χ2v) is 4.58. The minimum atomic E-state index is -0.0922. The molecule has 0 radical (unpaired) electrons. The third-order valence-corrected chi connectivity index (χ3v) is 3.10. The molecule has 2 aromatic rings. The second-order valence-electron chi connectivity index (χ2n) is 4.25. The van der Waals surface area contributed by atoms with Gasteiger partial charge in [0.1, 0.15) is 12.2 Å². The van der Waals surface area contributed by atoms with Crippen molar-refractivity contribution in [3.63, 3.8) is 0 Å². The Balaban J connectivity index is 2.17. The van der Waals surface area contributed by atoms with Crippen molar-refractivity contribution in [2.24, 2.45) is 0 Å². The number of amides is 1. The van der Waals surface area contributed by atoms with Gasteiger partial charge in [0.25, 0.3) is 0 Å². The Bertz CT molecular complexity index is 645. The smallest absolute Gasteiger partial charge is 0.244 e. The summed E-state index contributed by atoms with van der Waals surface area (Å²) in [6, 6.07) is 9.60. The average molecular weight is 275 g/mol. The first-order chi connectivity index (χ1) is 9.15. The van der Waals surface area contributed by atoms with Gasteiger partial charge in [-0.2, -0.15) is 4.98 Å². The minimum Gasteiger partial charge on any atom is -0.320 e. The van der Waals surface area contributed by atoms with E-state index in [4.69, 9.17) is 11.6 Å². The van der Waals surface area contributed by atoms with Crippen LogP contribution in [0.2, 0.25) is 5.28 Å². The molecule has 0 saturated heterocycles. The third kappa shape index (κ3) is 2.13. The third-order valence-electron chi connectivity index (χ3n) is 2.93. The van der Waals surface area contributed by atoms with Gasteiger partial charge < -0.3 is 10.2 Å². The molecule has 0 spiro atoms. The van der Waals surface area contributed by atoms with Crippen LogP contribution in [-0.4, -0.2) is 22.4 Å². The number of nitrogens with one attached hydrogen (secondary N) is 1. The fourth-order valence-electron chi connectivity index (χ4n) is 2.08. The maximum absolute atomic E-state index is 11.8. The lowest BCUT2D eigenvalue weighted by Gasteiger charge is -2.30. The lowest BCUT2D eigenvalue weighted by Crippen LogP contribution is -2.36. The summed E-state index contributed by atoms with van der Waals surface area (Å²) in [6.07, 6.45) is 0. The van der Waals surface area contributed by atoms with Crippen molar-refractivity contribution >= 4 is 34.7 Å². The molecule has 1 aliphatic rings. The Morgan fingerprint density at radius 1 is 1.26 bits per heavy atom. The highest BCUT2D eigenvalue weighted by Crippen LogP contribution is 2.35. The monoisotopic (exact) mass is 274 g/mol. The molecule has 1 aromatic heterocycles. The number of hydrogen-bond acceptors (Lipinski definition) is 4. The SMILES string of the molecule is Cc1nc(Cl)nc2c1NC(=O)CN2c1ccccc1. The minimum absolute atomic E-state index is 0.0922. The topological polar surface area (TPSA) is 58.1 Å². The van der Waals surface area contributed by atoms with Crippen LogP contribution in [-0.2, 0) is 4.79 Å². The number of rotatable bonds is 1. The number of fused-ring (bicyclic) bond motifs is 1. The van der Waals surface area contributed by atoms with Gasteiger partial charge in [-0.25, -0.2) is 4.98 Å². The number of para-hydroxylation sites is 1. The van der Waals surface area contributed by atoms with Crippen LogP contribution in [0, 0.1) is 6.92 Å². The molecule has 1 amide bonds. The van der Waals surface area contributed by atoms with Crippen LogP contribution in [0.4, 0.5) is 17.2 Å². The first-order valence-electron chi connectivity index (χ1n) is 5.82. The zero-order valence-corrected chi connectivity index (χ0v) is 11.0. The summed E-state index contributed by atoms with van der Waals surface area (Å²) in [7, 11) is 0. The van der Waals surface area contributed by atoms with E-state index in [1.807, 2.05) is 35.2 Å². The van der Waals surface area contributed by atoms with Crippen molar-refractivity contribution in [3.05, 3.63) is 41.3 Å². The molecule has 96 valence electrons. The molecule has 6 heteroatoms. The van der Waals surface area contributed by atoms with E-state index in [2.05, 4.69) is 15.3 Å². The molecular formula is C13H11ClN4O. The molecule has 0 fully saturated rings. The molecule has 0 bridgehead atoms. The van der Waals surface area contributed by atoms with Crippen LogP contribution >= 0.6 is 11.6 Å². The maximum atomic E-state index is 11.8. The summed E-state index contributed by atoms with van der Waals surface area (Å²) in [5.41, 5.74) is 2.17. The van der Waals surface area contributed by atoms with Gasteiger partial charge in [-0.05, 0) is 30.7 Å². The standard InChI is InChI=1S/C13H11ClN4O/c1-8-11-12(17-13(14)15-8)18(7-10(19)16-11)9-5-3-2-4-6-9/h2-6H,7H2,1H3,(H,16,19). The Kier molecular flexibility index (Phi) is 2.83. The Morgan fingerprint density at radius 3 is 2.74 bits per heavy atom. The van der Waals surface area contributed by atoms with Gasteiger partial charge in [-0.3, -0.25) is 4.79 Å². The highest BCUT2D eigenvalue weighted by Gasteiger charge is 2.27. The van der Waals surface area contributed by atoms with Gasteiger partial charge >= 0.3 is 0 Å². The van der Waals surface area contributed by atoms with Gasteiger partial charge in [-0.15, -0.1) is 0 Å². The van der Waals surface area contributed by atoms with E-state index < -0.39 is 0 Å². The van der Waals surface area contributed by atoms with Gasteiger partial charge in [0.2, 0.25) is 11.2 Å². The number of aromatic nitrogens is 2. The van der Waals surface area contributed by atoms with Crippen molar-refractivity contribution < 1.29 is 4.79 Å². The van der Waals surface area contributed by atoms with E-state index in [1.54, 1.807) is 6.92 Å². The van der Waals surface area contributed by atoms with Crippen LogP contribution < -0.4 is 10.2 Å². The van der Waals surface area contributed by atoms with Crippen LogP contribution in [0.5, 0.6) is 0 Å². The van der Waals surface area contributed by atoms with Gasteiger partial charge in [0.15, 0.2) is 5.82 Å². The predicted octanol–water partition coefficient (Wildman–Crippen LogP) is 2.53. The number of benzene rings is 1.